The Morgan fingerprint density at radius 1 is 1.06 bits per heavy atom. The first-order valence-corrected chi connectivity index (χ1v) is 11.9. The van der Waals surface area contributed by atoms with E-state index in [1.54, 1.807) is 18.2 Å². The third-order valence-electron chi connectivity index (χ3n) is 5.44. The highest BCUT2D eigenvalue weighted by Crippen LogP contribution is 2.31. The number of amides is 1. The Labute approximate surface area is 201 Å². The van der Waals surface area contributed by atoms with E-state index in [0.29, 0.717) is 42.2 Å². The summed E-state index contributed by atoms with van der Waals surface area (Å²) in [6.45, 7) is 1.41. The second kappa shape index (κ2) is 10.0. The van der Waals surface area contributed by atoms with Gasteiger partial charge in [0.25, 0.3) is 0 Å². The van der Waals surface area contributed by atoms with Crippen LogP contribution in [-0.2, 0) is 11.3 Å². The summed E-state index contributed by atoms with van der Waals surface area (Å²) in [6, 6.07) is 21.3. The Kier molecular flexibility index (Phi) is 6.53. The lowest BCUT2D eigenvalue weighted by Crippen LogP contribution is -2.42. The molecule has 0 saturated heterocycles. The minimum Gasteiger partial charge on any atom is -0.486 e. The SMILES string of the molecule is CN(C[C@H]1COc2ccccc2O1)C(=O)CSc1nnc(-c2ccco2)n1Cc1ccccc1. The molecule has 9 heteroatoms. The van der Waals surface area contributed by atoms with E-state index in [9.17, 15) is 4.79 Å². The molecule has 1 amide bonds. The molecule has 0 bridgehead atoms. The Hall–Kier alpha value is -3.72. The number of hydrogen-bond donors (Lipinski definition) is 0. The fraction of sp³-hybridized carbons (Fsp3) is 0.240. The number of carbonyl (C=O) groups is 1. The Balaban J connectivity index is 1.24. The molecule has 34 heavy (non-hydrogen) atoms. The fourth-order valence-electron chi connectivity index (χ4n) is 3.69. The van der Waals surface area contributed by atoms with Crippen molar-refractivity contribution in [3.63, 3.8) is 0 Å². The minimum atomic E-state index is -0.221. The van der Waals surface area contributed by atoms with Gasteiger partial charge in [-0.1, -0.05) is 54.2 Å². The predicted molar refractivity (Wildman–Crippen MR) is 128 cm³/mol. The van der Waals surface area contributed by atoms with Crippen LogP contribution < -0.4 is 9.47 Å². The quantitative estimate of drug-likeness (QED) is 0.356. The summed E-state index contributed by atoms with van der Waals surface area (Å²) in [5, 5.41) is 9.33. The number of benzene rings is 2. The Morgan fingerprint density at radius 3 is 2.65 bits per heavy atom. The molecule has 5 rings (SSSR count). The predicted octanol–water partition coefficient (Wildman–Crippen LogP) is 3.98. The normalized spacial score (nSPS) is 14.7. The number of furan rings is 1. The highest BCUT2D eigenvalue weighted by atomic mass is 32.2. The van der Waals surface area contributed by atoms with Gasteiger partial charge in [-0.25, -0.2) is 0 Å². The monoisotopic (exact) mass is 476 g/mol. The summed E-state index contributed by atoms with van der Waals surface area (Å²) in [7, 11) is 1.77. The molecule has 2 aromatic carbocycles. The molecular formula is C25H24N4O4S. The van der Waals surface area contributed by atoms with E-state index >= 15 is 0 Å². The molecule has 0 N–H and O–H groups in total. The molecule has 1 aliphatic heterocycles. The van der Waals surface area contributed by atoms with Crippen LogP contribution in [0.2, 0.25) is 0 Å². The van der Waals surface area contributed by atoms with E-state index in [2.05, 4.69) is 10.2 Å². The van der Waals surface area contributed by atoms with Gasteiger partial charge in [0.1, 0.15) is 6.61 Å². The first-order valence-electron chi connectivity index (χ1n) is 10.9. The summed E-state index contributed by atoms with van der Waals surface area (Å²) in [5.74, 6) is 2.89. The van der Waals surface area contributed by atoms with Crippen molar-refractivity contribution in [3.05, 3.63) is 78.6 Å². The topological polar surface area (TPSA) is 82.6 Å². The molecule has 8 nitrogen and oxygen atoms in total. The van der Waals surface area contributed by atoms with E-state index in [-0.39, 0.29) is 17.8 Å². The van der Waals surface area contributed by atoms with Gasteiger partial charge in [-0.2, -0.15) is 0 Å². The number of nitrogens with zero attached hydrogens (tertiary/aromatic N) is 4. The number of carbonyl (C=O) groups excluding carboxylic acids is 1. The summed E-state index contributed by atoms with van der Waals surface area (Å²) in [4.78, 5) is 14.5. The van der Waals surface area contributed by atoms with Crippen molar-refractivity contribution in [2.24, 2.45) is 0 Å². The summed E-state index contributed by atoms with van der Waals surface area (Å²) >= 11 is 1.36. The molecule has 3 heterocycles. The number of likely N-dealkylation sites (N-methyl/N-ethyl adjacent to an activating group) is 1. The van der Waals surface area contributed by atoms with E-state index < -0.39 is 0 Å². The highest BCUT2D eigenvalue weighted by molar-refractivity contribution is 7.99. The summed E-state index contributed by atoms with van der Waals surface area (Å²) in [6.07, 6.45) is 1.39. The third kappa shape index (κ3) is 4.94. The zero-order valence-electron chi connectivity index (χ0n) is 18.7. The van der Waals surface area contributed by atoms with Crippen LogP contribution in [0.25, 0.3) is 11.6 Å². The number of rotatable bonds is 8. The maximum Gasteiger partial charge on any atom is 0.232 e. The van der Waals surface area contributed by atoms with Crippen molar-refractivity contribution in [1.29, 1.82) is 0 Å². The van der Waals surface area contributed by atoms with Crippen molar-refractivity contribution >= 4 is 17.7 Å². The van der Waals surface area contributed by atoms with E-state index in [1.807, 2.05) is 71.3 Å². The van der Waals surface area contributed by atoms with Gasteiger partial charge in [0, 0.05) is 7.05 Å². The maximum absolute atomic E-state index is 12.9. The zero-order chi connectivity index (χ0) is 23.3. The van der Waals surface area contributed by atoms with Gasteiger partial charge in [0.2, 0.25) is 11.7 Å². The molecular weight excluding hydrogens is 452 g/mol. The average Bonchev–Trinajstić information content (AvgIpc) is 3.53. The minimum absolute atomic E-state index is 0.0266. The number of thioether (sulfide) groups is 1. The fourth-order valence-corrected chi connectivity index (χ4v) is 4.57. The molecule has 1 atom stereocenters. The van der Waals surface area contributed by atoms with Crippen molar-refractivity contribution < 1.29 is 18.7 Å². The lowest BCUT2D eigenvalue weighted by atomic mass is 10.2. The van der Waals surface area contributed by atoms with Crippen LogP contribution in [0.5, 0.6) is 11.5 Å². The van der Waals surface area contributed by atoms with Crippen LogP contribution in [0, 0.1) is 0 Å². The van der Waals surface area contributed by atoms with Gasteiger partial charge < -0.3 is 18.8 Å². The lowest BCUT2D eigenvalue weighted by molar-refractivity contribution is -0.128. The van der Waals surface area contributed by atoms with Crippen molar-refractivity contribution in [1.82, 2.24) is 19.7 Å². The molecule has 0 radical (unpaired) electrons. The van der Waals surface area contributed by atoms with E-state index in [0.717, 1.165) is 11.3 Å². The molecule has 0 saturated carbocycles. The van der Waals surface area contributed by atoms with Crippen LogP contribution >= 0.6 is 11.8 Å². The molecule has 174 valence electrons. The summed E-state index contributed by atoms with van der Waals surface area (Å²) < 4.78 is 19.3. The summed E-state index contributed by atoms with van der Waals surface area (Å²) in [5.41, 5.74) is 1.11. The van der Waals surface area contributed by atoms with Crippen LogP contribution in [-0.4, -0.2) is 57.6 Å². The van der Waals surface area contributed by atoms with Gasteiger partial charge in [-0.05, 0) is 29.8 Å². The number of fused-ring (bicyclic) bond motifs is 1. The average molecular weight is 477 g/mol. The number of para-hydroxylation sites is 2. The van der Waals surface area contributed by atoms with Gasteiger partial charge >= 0.3 is 0 Å². The van der Waals surface area contributed by atoms with Gasteiger partial charge in [-0.15, -0.1) is 10.2 Å². The smallest absolute Gasteiger partial charge is 0.232 e. The number of ether oxygens (including phenoxy) is 2. The second-order valence-corrected chi connectivity index (χ2v) is 8.86. The first kappa shape index (κ1) is 22.1. The van der Waals surface area contributed by atoms with Crippen molar-refractivity contribution in [2.45, 2.75) is 17.8 Å². The number of hydrogen-bond acceptors (Lipinski definition) is 7. The Morgan fingerprint density at radius 2 is 1.85 bits per heavy atom. The van der Waals surface area contributed by atoms with Crippen LogP contribution in [0.15, 0.2) is 82.6 Å². The van der Waals surface area contributed by atoms with Crippen LogP contribution in [0.1, 0.15) is 5.56 Å². The van der Waals surface area contributed by atoms with Crippen molar-refractivity contribution in [2.75, 3.05) is 26.0 Å². The molecule has 4 aromatic rings. The van der Waals surface area contributed by atoms with Crippen LogP contribution in [0.3, 0.4) is 0 Å². The molecule has 0 unspecified atom stereocenters. The molecule has 1 aliphatic rings. The standard InChI is InChI=1S/C25H24N4O4S/c1-28(15-19-16-32-20-10-5-6-11-21(20)33-19)23(30)17-34-25-27-26-24(22-12-7-13-31-22)29(25)14-18-8-3-2-4-9-18/h2-13,19H,14-17H2,1H3/t19-/m0/s1. The lowest BCUT2D eigenvalue weighted by Gasteiger charge is -2.29. The first-order chi connectivity index (χ1) is 16.7. The molecule has 0 spiro atoms. The second-order valence-electron chi connectivity index (χ2n) is 7.92. The van der Waals surface area contributed by atoms with E-state index in [4.69, 9.17) is 13.9 Å². The maximum atomic E-state index is 12.9. The Bertz CT molecular complexity index is 1240. The highest BCUT2D eigenvalue weighted by Gasteiger charge is 2.24. The molecule has 0 aliphatic carbocycles. The zero-order valence-corrected chi connectivity index (χ0v) is 19.5. The number of aromatic nitrogens is 3. The van der Waals surface area contributed by atoms with Gasteiger partial charge in [0.15, 0.2) is 28.5 Å². The van der Waals surface area contributed by atoms with E-state index in [1.165, 1.54) is 11.8 Å². The largest absolute Gasteiger partial charge is 0.486 e. The third-order valence-corrected chi connectivity index (χ3v) is 6.39. The van der Waals surface area contributed by atoms with Gasteiger partial charge in [-0.3, -0.25) is 9.36 Å². The van der Waals surface area contributed by atoms with Crippen LogP contribution in [0.4, 0.5) is 0 Å². The van der Waals surface area contributed by atoms with Crippen molar-refractivity contribution in [3.8, 4) is 23.1 Å². The van der Waals surface area contributed by atoms with Gasteiger partial charge in [0.05, 0.1) is 25.1 Å². The molecule has 2 aromatic heterocycles. The molecule has 0 fully saturated rings.